The average Bonchev–Trinajstić information content (AvgIpc) is 3.12. The second-order valence-corrected chi connectivity index (χ2v) is 5.68. The lowest BCUT2D eigenvalue weighted by molar-refractivity contribution is 0.00537. The van der Waals surface area contributed by atoms with E-state index in [1.807, 2.05) is 0 Å². The maximum atomic E-state index is 13.4. The maximum Gasteiger partial charge on any atom is 0.127 e. The van der Waals surface area contributed by atoms with E-state index >= 15 is 0 Å². The Morgan fingerprint density at radius 1 is 1.44 bits per heavy atom. The molecule has 0 radical (unpaired) electrons. The van der Waals surface area contributed by atoms with Crippen LogP contribution in [0.1, 0.15) is 50.6 Å². The van der Waals surface area contributed by atoms with Crippen molar-refractivity contribution in [2.75, 3.05) is 0 Å². The van der Waals surface area contributed by atoms with E-state index in [1.165, 1.54) is 25.0 Å². The molecule has 2 nitrogen and oxygen atoms in total. The van der Waals surface area contributed by atoms with Gasteiger partial charge in [-0.05, 0) is 31.2 Å². The van der Waals surface area contributed by atoms with Crippen molar-refractivity contribution < 1.29 is 9.13 Å². The van der Waals surface area contributed by atoms with E-state index in [0.29, 0.717) is 11.7 Å². The van der Waals surface area contributed by atoms with E-state index in [-0.39, 0.29) is 17.5 Å². The van der Waals surface area contributed by atoms with Crippen molar-refractivity contribution in [3.8, 4) is 5.75 Å². The first-order valence-corrected chi connectivity index (χ1v) is 6.88. The number of ether oxygens (including phenoxy) is 1. The van der Waals surface area contributed by atoms with Gasteiger partial charge in [0.1, 0.15) is 17.2 Å². The number of rotatable bonds is 3. The zero-order valence-electron chi connectivity index (χ0n) is 10.8. The van der Waals surface area contributed by atoms with Crippen LogP contribution >= 0.6 is 0 Å². The van der Waals surface area contributed by atoms with Crippen LogP contribution in [-0.4, -0.2) is 5.60 Å². The van der Waals surface area contributed by atoms with E-state index in [1.54, 1.807) is 6.07 Å². The van der Waals surface area contributed by atoms with Gasteiger partial charge in [0.25, 0.3) is 0 Å². The van der Waals surface area contributed by atoms with Gasteiger partial charge in [0.15, 0.2) is 0 Å². The Bertz CT molecular complexity index is 458. The summed E-state index contributed by atoms with van der Waals surface area (Å²) in [5, 5.41) is 0. The van der Waals surface area contributed by atoms with Crippen LogP contribution in [0.25, 0.3) is 0 Å². The number of fused-ring (bicyclic) bond motifs is 1. The summed E-state index contributed by atoms with van der Waals surface area (Å²) in [4.78, 5) is 0. The first-order chi connectivity index (χ1) is 8.64. The van der Waals surface area contributed by atoms with Gasteiger partial charge in [-0.25, -0.2) is 4.39 Å². The fourth-order valence-corrected chi connectivity index (χ4v) is 3.29. The SMILES string of the molecule is CCCC1(C2CC2)CC(N)c2ccc(F)cc2O1. The normalized spacial score (nSPS) is 30.7. The molecule has 18 heavy (non-hydrogen) atoms. The van der Waals surface area contributed by atoms with Gasteiger partial charge in [0, 0.05) is 24.1 Å². The minimum absolute atomic E-state index is 0.0264. The second-order valence-electron chi connectivity index (χ2n) is 5.68. The van der Waals surface area contributed by atoms with E-state index in [0.717, 1.165) is 24.8 Å². The molecule has 1 heterocycles. The van der Waals surface area contributed by atoms with E-state index in [4.69, 9.17) is 10.5 Å². The quantitative estimate of drug-likeness (QED) is 0.889. The van der Waals surface area contributed by atoms with E-state index in [2.05, 4.69) is 6.92 Å². The number of benzene rings is 1. The predicted octanol–water partition coefficient (Wildman–Crippen LogP) is 3.56. The standard InChI is InChI=1S/C15H20FNO/c1-2-7-15(10-3-4-10)9-13(17)12-6-5-11(16)8-14(12)18-15/h5-6,8,10,13H,2-4,7,9,17H2,1H3. The minimum Gasteiger partial charge on any atom is -0.486 e. The van der Waals surface area contributed by atoms with Gasteiger partial charge in [-0.1, -0.05) is 19.4 Å². The first kappa shape index (κ1) is 12.0. The summed E-state index contributed by atoms with van der Waals surface area (Å²) in [5.41, 5.74) is 7.07. The smallest absolute Gasteiger partial charge is 0.127 e. The second kappa shape index (κ2) is 4.23. The van der Waals surface area contributed by atoms with Gasteiger partial charge < -0.3 is 10.5 Å². The van der Waals surface area contributed by atoms with E-state index < -0.39 is 0 Å². The van der Waals surface area contributed by atoms with Crippen molar-refractivity contribution in [3.63, 3.8) is 0 Å². The van der Waals surface area contributed by atoms with Crippen molar-refractivity contribution >= 4 is 0 Å². The zero-order chi connectivity index (χ0) is 12.8. The molecule has 1 aromatic carbocycles. The highest BCUT2D eigenvalue weighted by atomic mass is 19.1. The van der Waals surface area contributed by atoms with Crippen molar-refractivity contribution in [1.29, 1.82) is 0 Å². The fraction of sp³-hybridized carbons (Fsp3) is 0.600. The molecule has 0 spiro atoms. The Kier molecular flexibility index (Phi) is 2.81. The summed E-state index contributed by atoms with van der Waals surface area (Å²) in [5.74, 6) is 1.03. The molecule has 2 atom stereocenters. The summed E-state index contributed by atoms with van der Waals surface area (Å²) < 4.78 is 19.6. The summed E-state index contributed by atoms with van der Waals surface area (Å²) >= 11 is 0. The van der Waals surface area contributed by atoms with Crippen LogP contribution in [0.4, 0.5) is 4.39 Å². The Labute approximate surface area is 107 Å². The molecule has 1 aromatic rings. The van der Waals surface area contributed by atoms with Gasteiger partial charge in [-0.15, -0.1) is 0 Å². The molecule has 1 aliphatic heterocycles. The van der Waals surface area contributed by atoms with E-state index in [9.17, 15) is 4.39 Å². The predicted molar refractivity (Wildman–Crippen MR) is 68.9 cm³/mol. The molecule has 0 bridgehead atoms. The molecule has 0 saturated heterocycles. The van der Waals surface area contributed by atoms with Crippen molar-refractivity contribution in [1.82, 2.24) is 0 Å². The van der Waals surface area contributed by atoms with Crippen molar-refractivity contribution in [2.45, 2.75) is 50.7 Å². The highest BCUT2D eigenvalue weighted by Crippen LogP contribution is 2.52. The topological polar surface area (TPSA) is 35.2 Å². The Morgan fingerprint density at radius 3 is 2.89 bits per heavy atom. The molecule has 2 unspecified atom stereocenters. The molecule has 0 aromatic heterocycles. The van der Waals surface area contributed by atoms with Crippen LogP contribution in [-0.2, 0) is 0 Å². The third-order valence-corrected chi connectivity index (χ3v) is 4.25. The van der Waals surface area contributed by atoms with Gasteiger partial charge >= 0.3 is 0 Å². The number of halogens is 1. The number of hydrogen-bond donors (Lipinski definition) is 1. The number of hydrogen-bond acceptors (Lipinski definition) is 2. The average molecular weight is 249 g/mol. The molecule has 1 aliphatic carbocycles. The van der Waals surface area contributed by atoms with Crippen LogP contribution in [0.5, 0.6) is 5.75 Å². The Morgan fingerprint density at radius 2 is 2.22 bits per heavy atom. The van der Waals surface area contributed by atoms with Gasteiger partial charge in [-0.2, -0.15) is 0 Å². The lowest BCUT2D eigenvalue weighted by atomic mass is 9.81. The Hall–Kier alpha value is -1.09. The van der Waals surface area contributed by atoms with Crippen molar-refractivity contribution in [2.24, 2.45) is 11.7 Å². The molecule has 1 saturated carbocycles. The minimum atomic E-state index is -0.246. The van der Waals surface area contributed by atoms with Gasteiger partial charge in [0.2, 0.25) is 0 Å². The lowest BCUT2D eigenvalue weighted by Crippen LogP contribution is -2.45. The summed E-state index contributed by atoms with van der Waals surface area (Å²) in [7, 11) is 0. The third-order valence-electron chi connectivity index (χ3n) is 4.25. The molecule has 3 heteroatoms. The summed E-state index contributed by atoms with van der Waals surface area (Å²) in [6, 6.07) is 4.69. The van der Waals surface area contributed by atoms with Gasteiger partial charge in [0.05, 0.1) is 0 Å². The molecule has 1 fully saturated rings. The van der Waals surface area contributed by atoms with Crippen LogP contribution in [0.3, 0.4) is 0 Å². The van der Waals surface area contributed by atoms with Crippen LogP contribution in [0.15, 0.2) is 18.2 Å². The summed E-state index contributed by atoms with van der Waals surface area (Å²) in [6.07, 6.45) is 5.40. The molecular formula is C15H20FNO. The molecule has 98 valence electrons. The molecular weight excluding hydrogens is 229 g/mol. The lowest BCUT2D eigenvalue weighted by Gasteiger charge is -2.42. The largest absolute Gasteiger partial charge is 0.486 e. The monoisotopic (exact) mass is 249 g/mol. The summed E-state index contributed by atoms with van der Waals surface area (Å²) in [6.45, 7) is 2.17. The number of nitrogens with two attached hydrogens (primary N) is 1. The van der Waals surface area contributed by atoms with Crippen LogP contribution < -0.4 is 10.5 Å². The Balaban J connectivity index is 1.97. The third kappa shape index (κ3) is 1.91. The fourth-order valence-electron chi connectivity index (χ4n) is 3.29. The molecule has 2 aliphatic rings. The maximum absolute atomic E-state index is 13.4. The van der Waals surface area contributed by atoms with Gasteiger partial charge in [-0.3, -0.25) is 0 Å². The van der Waals surface area contributed by atoms with Crippen LogP contribution in [0, 0.1) is 11.7 Å². The van der Waals surface area contributed by atoms with Crippen LogP contribution in [0.2, 0.25) is 0 Å². The zero-order valence-corrected chi connectivity index (χ0v) is 10.8. The molecule has 0 amide bonds. The van der Waals surface area contributed by atoms with Crippen molar-refractivity contribution in [3.05, 3.63) is 29.6 Å². The molecule has 3 rings (SSSR count). The highest BCUT2D eigenvalue weighted by molar-refractivity contribution is 5.39. The molecule has 2 N–H and O–H groups in total. The highest BCUT2D eigenvalue weighted by Gasteiger charge is 2.50. The first-order valence-electron chi connectivity index (χ1n) is 6.88.